The lowest BCUT2D eigenvalue weighted by atomic mass is 10.00. The van der Waals surface area contributed by atoms with Gasteiger partial charge in [-0.2, -0.15) is 4.52 Å². The van der Waals surface area contributed by atoms with Crippen molar-refractivity contribution in [3.63, 3.8) is 0 Å². The molecule has 0 unspecified atom stereocenters. The maximum absolute atomic E-state index is 5.46. The molecule has 5 aromatic rings. The molecule has 192 valence electrons. The molecule has 0 radical (unpaired) electrons. The molecule has 0 saturated heterocycles. The fourth-order valence-corrected chi connectivity index (χ4v) is 4.88. The van der Waals surface area contributed by atoms with E-state index >= 15 is 0 Å². The van der Waals surface area contributed by atoms with E-state index in [1.54, 1.807) is 26.6 Å². The lowest BCUT2D eigenvalue weighted by Gasteiger charge is -2.28. The third-order valence-electron chi connectivity index (χ3n) is 6.88. The van der Waals surface area contributed by atoms with Gasteiger partial charge in [-0.05, 0) is 47.4 Å². The molecule has 0 atom stereocenters. The number of pyridine rings is 1. The van der Waals surface area contributed by atoms with E-state index in [0.717, 1.165) is 48.4 Å². The Hall–Kier alpha value is -4.50. The van der Waals surface area contributed by atoms with Crippen LogP contribution in [0.1, 0.15) is 22.3 Å². The molecule has 1 aliphatic rings. The van der Waals surface area contributed by atoms with Crippen LogP contribution in [-0.4, -0.2) is 50.2 Å². The molecule has 9 nitrogen and oxygen atoms in total. The number of nitrogens with one attached hydrogen (secondary N) is 1. The predicted octanol–water partition coefficient (Wildman–Crippen LogP) is 4.37. The first-order valence-electron chi connectivity index (χ1n) is 12.6. The van der Waals surface area contributed by atoms with E-state index in [1.165, 1.54) is 11.1 Å². The van der Waals surface area contributed by atoms with Gasteiger partial charge in [-0.15, -0.1) is 5.10 Å². The zero-order chi connectivity index (χ0) is 25.9. The standard InChI is InChI=1S/C29H29N7O2/c1-37-25-8-7-20(15-26(25)38-2)16-31-29-32-17-24(19-35-14-11-21-5-3-4-6-23(21)18-35)28-33-27(34-36(28)29)22-9-12-30-13-10-22/h3-10,12-13,15,17H,11,14,16,18-19H2,1-2H3,(H,31,32). The summed E-state index contributed by atoms with van der Waals surface area (Å²) in [5.74, 6) is 2.64. The first kappa shape index (κ1) is 23.9. The molecule has 2 aromatic carbocycles. The van der Waals surface area contributed by atoms with E-state index in [2.05, 4.69) is 39.5 Å². The second-order valence-electron chi connectivity index (χ2n) is 9.29. The highest BCUT2D eigenvalue weighted by Gasteiger charge is 2.20. The number of aromatic nitrogens is 5. The van der Waals surface area contributed by atoms with Crippen LogP contribution in [0, 0.1) is 0 Å². The number of nitrogens with zero attached hydrogens (tertiary/aromatic N) is 6. The molecule has 0 bridgehead atoms. The molecule has 0 amide bonds. The van der Waals surface area contributed by atoms with Crippen molar-refractivity contribution in [1.29, 1.82) is 0 Å². The second-order valence-corrected chi connectivity index (χ2v) is 9.29. The quantitative estimate of drug-likeness (QED) is 0.331. The number of fused-ring (bicyclic) bond motifs is 2. The Balaban J connectivity index is 1.31. The van der Waals surface area contributed by atoms with Gasteiger partial charge in [0, 0.05) is 55.9 Å². The van der Waals surface area contributed by atoms with Gasteiger partial charge in [-0.1, -0.05) is 30.3 Å². The van der Waals surface area contributed by atoms with Gasteiger partial charge in [0.15, 0.2) is 23.0 Å². The molecule has 38 heavy (non-hydrogen) atoms. The summed E-state index contributed by atoms with van der Waals surface area (Å²) in [5, 5.41) is 8.26. The predicted molar refractivity (Wildman–Crippen MR) is 145 cm³/mol. The third-order valence-corrected chi connectivity index (χ3v) is 6.88. The molecule has 6 rings (SSSR count). The van der Waals surface area contributed by atoms with Crippen LogP contribution in [0.3, 0.4) is 0 Å². The maximum atomic E-state index is 5.46. The highest BCUT2D eigenvalue weighted by Crippen LogP contribution is 2.28. The molecule has 0 aliphatic carbocycles. The fourth-order valence-electron chi connectivity index (χ4n) is 4.88. The van der Waals surface area contributed by atoms with Crippen molar-refractivity contribution >= 4 is 11.6 Å². The summed E-state index contributed by atoms with van der Waals surface area (Å²) in [4.78, 5) is 16.3. The second kappa shape index (κ2) is 10.5. The number of hydrogen-bond donors (Lipinski definition) is 1. The molecule has 1 N–H and O–H groups in total. The van der Waals surface area contributed by atoms with E-state index in [1.807, 2.05) is 41.0 Å². The van der Waals surface area contributed by atoms with Gasteiger partial charge in [0.1, 0.15) is 0 Å². The molecule has 9 heteroatoms. The molecule has 1 aliphatic heterocycles. The third kappa shape index (κ3) is 4.76. The Bertz CT molecular complexity index is 1570. The van der Waals surface area contributed by atoms with E-state index in [-0.39, 0.29) is 0 Å². The normalized spacial score (nSPS) is 13.3. The number of anilines is 1. The number of hydrogen-bond acceptors (Lipinski definition) is 8. The van der Waals surface area contributed by atoms with Crippen molar-refractivity contribution in [3.05, 3.63) is 95.4 Å². The highest BCUT2D eigenvalue weighted by atomic mass is 16.5. The van der Waals surface area contributed by atoms with Crippen LogP contribution >= 0.6 is 0 Å². The van der Waals surface area contributed by atoms with Crippen molar-refractivity contribution in [2.45, 2.75) is 26.1 Å². The topological polar surface area (TPSA) is 89.7 Å². The Morgan fingerprint density at radius 3 is 2.58 bits per heavy atom. The number of rotatable bonds is 8. The summed E-state index contributed by atoms with van der Waals surface area (Å²) in [6.45, 7) is 3.19. The van der Waals surface area contributed by atoms with E-state index in [0.29, 0.717) is 29.8 Å². The molecule has 0 saturated carbocycles. The number of benzene rings is 2. The summed E-state index contributed by atoms with van der Waals surface area (Å²) in [6, 6.07) is 18.4. The summed E-state index contributed by atoms with van der Waals surface area (Å²) >= 11 is 0. The average molecular weight is 508 g/mol. The Morgan fingerprint density at radius 1 is 0.947 bits per heavy atom. The van der Waals surface area contributed by atoms with Crippen LogP contribution in [-0.2, 0) is 26.1 Å². The van der Waals surface area contributed by atoms with Gasteiger partial charge >= 0.3 is 0 Å². The van der Waals surface area contributed by atoms with Crippen LogP contribution in [0.5, 0.6) is 11.5 Å². The van der Waals surface area contributed by atoms with Crippen LogP contribution in [0.2, 0.25) is 0 Å². The molecular weight excluding hydrogens is 478 g/mol. The summed E-state index contributed by atoms with van der Waals surface area (Å²) in [7, 11) is 3.27. The first-order valence-corrected chi connectivity index (χ1v) is 12.6. The van der Waals surface area contributed by atoms with Gasteiger partial charge < -0.3 is 14.8 Å². The van der Waals surface area contributed by atoms with E-state index in [9.17, 15) is 0 Å². The average Bonchev–Trinajstić information content (AvgIpc) is 3.43. The lowest BCUT2D eigenvalue weighted by molar-refractivity contribution is 0.246. The molecule has 0 fully saturated rings. The van der Waals surface area contributed by atoms with Crippen molar-refractivity contribution in [1.82, 2.24) is 29.5 Å². The zero-order valence-electron chi connectivity index (χ0n) is 21.5. The number of methoxy groups -OCH3 is 2. The summed E-state index contributed by atoms with van der Waals surface area (Å²) in [6.07, 6.45) is 6.46. The highest BCUT2D eigenvalue weighted by molar-refractivity contribution is 5.61. The summed E-state index contributed by atoms with van der Waals surface area (Å²) in [5.41, 5.74) is 6.59. The van der Waals surface area contributed by atoms with Gasteiger partial charge in [-0.25, -0.2) is 9.97 Å². The summed E-state index contributed by atoms with van der Waals surface area (Å²) < 4.78 is 12.6. The lowest BCUT2D eigenvalue weighted by Crippen LogP contribution is -2.30. The Labute approximate surface area is 221 Å². The minimum Gasteiger partial charge on any atom is -0.493 e. The fraction of sp³-hybridized carbons (Fsp3) is 0.241. The first-order chi connectivity index (χ1) is 18.7. The molecule has 3 aromatic heterocycles. The van der Waals surface area contributed by atoms with Crippen molar-refractivity contribution in [3.8, 4) is 22.9 Å². The van der Waals surface area contributed by atoms with Crippen LogP contribution in [0.25, 0.3) is 17.0 Å². The number of ether oxygens (including phenoxy) is 2. The van der Waals surface area contributed by atoms with Crippen molar-refractivity contribution in [2.75, 3.05) is 26.1 Å². The van der Waals surface area contributed by atoms with E-state index in [4.69, 9.17) is 24.5 Å². The molecule has 0 spiro atoms. The van der Waals surface area contributed by atoms with Gasteiger partial charge in [0.2, 0.25) is 5.95 Å². The Morgan fingerprint density at radius 2 is 1.76 bits per heavy atom. The maximum Gasteiger partial charge on any atom is 0.226 e. The zero-order valence-corrected chi connectivity index (χ0v) is 21.5. The van der Waals surface area contributed by atoms with E-state index < -0.39 is 0 Å². The van der Waals surface area contributed by atoms with Crippen LogP contribution in [0.4, 0.5) is 5.95 Å². The molecule has 4 heterocycles. The molecular formula is C29H29N7O2. The van der Waals surface area contributed by atoms with Gasteiger partial charge in [-0.3, -0.25) is 9.88 Å². The smallest absolute Gasteiger partial charge is 0.226 e. The SMILES string of the molecule is COc1ccc(CNc2ncc(CN3CCc4ccccc4C3)c3nc(-c4ccncc4)nn23)cc1OC. The minimum atomic E-state index is 0.537. The largest absolute Gasteiger partial charge is 0.493 e. The van der Waals surface area contributed by atoms with Gasteiger partial charge in [0.25, 0.3) is 0 Å². The minimum absolute atomic E-state index is 0.537. The van der Waals surface area contributed by atoms with Gasteiger partial charge in [0.05, 0.1) is 14.2 Å². The van der Waals surface area contributed by atoms with Crippen LogP contribution in [0.15, 0.2) is 73.2 Å². The Kier molecular flexibility index (Phi) is 6.58. The monoisotopic (exact) mass is 507 g/mol. The van der Waals surface area contributed by atoms with Crippen molar-refractivity contribution < 1.29 is 9.47 Å². The van der Waals surface area contributed by atoms with Crippen LogP contribution < -0.4 is 14.8 Å². The van der Waals surface area contributed by atoms with Crippen molar-refractivity contribution in [2.24, 2.45) is 0 Å².